The van der Waals surface area contributed by atoms with E-state index in [-0.39, 0.29) is 11.9 Å². The Labute approximate surface area is 130 Å². The summed E-state index contributed by atoms with van der Waals surface area (Å²) < 4.78 is 1.82. The number of benzene rings is 1. The lowest BCUT2D eigenvalue weighted by Gasteiger charge is -2.28. The van der Waals surface area contributed by atoms with Gasteiger partial charge in [-0.05, 0) is 31.4 Å². The number of hydrogen-bond donors (Lipinski definition) is 1. The number of aromatic nitrogens is 2. The zero-order chi connectivity index (χ0) is 15.5. The summed E-state index contributed by atoms with van der Waals surface area (Å²) in [4.78, 5) is 14.5. The average Bonchev–Trinajstić information content (AvgIpc) is 2.95. The second kappa shape index (κ2) is 6.32. The van der Waals surface area contributed by atoms with Gasteiger partial charge in [0.2, 0.25) is 5.91 Å². The van der Waals surface area contributed by atoms with Gasteiger partial charge in [0, 0.05) is 25.2 Å². The van der Waals surface area contributed by atoms with Crippen LogP contribution in [0.25, 0.3) is 0 Å². The Hall–Kier alpha value is -2.14. The third-order valence-electron chi connectivity index (χ3n) is 4.00. The maximum atomic E-state index is 12.3. The molecule has 0 unspecified atom stereocenters. The van der Waals surface area contributed by atoms with Gasteiger partial charge in [0.1, 0.15) is 5.82 Å². The quantitative estimate of drug-likeness (QED) is 0.943. The number of nitrogens with one attached hydrogen (secondary N) is 1. The molecular weight excluding hydrogens is 276 g/mol. The maximum absolute atomic E-state index is 12.3. The first-order chi connectivity index (χ1) is 10.6. The normalized spacial score (nSPS) is 14.9. The fourth-order valence-corrected chi connectivity index (χ4v) is 2.90. The molecule has 1 aromatic carbocycles. The molecule has 1 aliphatic heterocycles. The molecule has 5 nitrogen and oxygen atoms in total. The van der Waals surface area contributed by atoms with Crippen molar-refractivity contribution in [2.24, 2.45) is 0 Å². The molecule has 1 N–H and O–H groups in total. The largest absolute Gasteiger partial charge is 0.310 e. The van der Waals surface area contributed by atoms with E-state index in [0.29, 0.717) is 6.54 Å². The third-order valence-corrected chi connectivity index (χ3v) is 4.00. The summed E-state index contributed by atoms with van der Waals surface area (Å²) in [5, 5.41) is 7.20. The summed E-state index contributed by atoms with van der Waals surface area (Å²) >= 11 is 0. The Balaban J connectivity index is 1.60. The minimum Gasteiger partial charge on any atom is -0.310 e. The van der Waals surface area contributed by atoms with Gasteiger partial charge in [0.15, 0.2) is 0 Å². The highest BCUT2D eigenvalue weighted by molar-refractivity contribution is 5.91. The van der Waals surface area contributed by atoms with Crippen molar-refractivity contribution in [3.63, 3.8) is 0 Å². The Kier molecular flexibility index (Phi) is 4.24. The van der Waals surface area contributed by atoms with E-state index < -0.39 is 0 Å². The summed E-state index contributed by atoms with van der Waals surface area (Å²) in [6.45, 7) is 6.27. The monoisotopic (exact) mass is 298 g/mol. The van der Waals surface area contributed by atoms with Crippen molar-refractivity contribution in [3.8, 4) is 0 Å². The molecule has 22 heavy (non-hydrogen) atoms. The SMILES string of the molecule is CC(C)n1nccc1NC(=O)CN1CCc2ccccc2C1. The van der Waals surface area contributed by atoms with E-state index in [0.717, 1.165) is 25.3 Å². The number of hydrogen-bond acceptors (Lipinski definition) is 3. The van der Waals surface area contributed by atoms with Gasteiger partial charge in [-0.15, -0.1) is 0 Å². The van der Waals surface area contributed by atoms with Gasteiger partial charge in [-0.2, -0.15) is 5.10 Å². The second-order valence-corrected chi connectivity index (χ2v) is 6.03. The Morgan fingerprint density at radius 1 is 1.27 bits per heavy atom. The zero-order valence-corrected chi connectivity index (χ0v) is 13.1. The molecule has 1 amide bonds. The van der Waals surface area contributed by atoms with E-state index in [2.05, 4.69) is 39.6 Å². The standard InChI is InChI=1S/C17H22N4O/c1-13(2)21-16(7-9-18-21)19-17(22)12-20-10-8-14-5-3-4-6-15(14)11-20/h3-7,9,13H,8,10-12H2,1-2H3,(H,19,22). The highest BCUT2D eigenvalue weighted by atomic mass is 16.2. The van der Waals surface area contributed by atoms with E-state index in [4.69, 9.17) is 0 Å². The highest BCUT2D eigenvalue weighted by Crippen LogP contribution is 2.18. The van der Waals surface area contributed by atoms with Crippen molar-refractivity contribution in [2.45, 2.75) is 32.9 Å². The first-order valence-corrected chi connectivity index (χ1v) is 7.76. The molecule has 0 saturated carbocycles. The lowest BCUT2D eigenvalue weighted by Crippen LogP contribution is -2.37. The number of carbonyl (C=O) groups excluding carboxylic acids is 1. The summed E-state index contributed by atoms with van der Waals surface area (Å²) in [7, 11) is 0. The van der Waals surface area contributed by atoms with Gasteiger partial charge in [-0.3, -0.25) is 9.69 Å². The molecule has 5 heteroatoms. The molecule has 0 spiro atoms. The van der Waals surface area contributed by atoms with Crippen LogP contribution in [-0.2, 0) is 17.8 Å². The van der Waals surface area contributed by atoms with E-state index >= 15 is 0 Å². The van der Waals surface area contributed by atoms with Crippen LogP contribution < -0.4 is 5.32 Å². The second-order valence-electron chi connectivity index (χ2n) is 6.03. The van der Waals surface area contributed by atoms with E-state index in [9.17, 15) is 4.79 Å². The van der Waals surface area contributed by atoms with Crippen molar-refractivity contribution in [3.05, 3.63) is 47.7 Å². The van der Waals surface area contributed by atoms with Gasteiger partial charge >= 0.3 is 0 Å². The minimum absolute atomic E-state index is 0.0155. The molecule has 0 saturated heterocycles. The lowest BCUT2D eigenvalue weighted by atomic mass is 10.00. The number of fused-ring (bicyclic) bond motifs is 1. The molecule has 2 aromatic rings. The summed E-state index contributed by atoms with van der Waals surface area (Å²) in [6, 6.07) is 10.5. The molecule has 0 fully saturated rings. The molecule has 116 valence electrons. The first kappa shape index (κ1) is 14.8. The predicted molar refractivity (Wildman–Crippen MR) is 86.7 cm³/mol. The Morgan fingerprint density at radius 2 is 2.05 bits per heavy atom. The van der Waals surface area contributed by atoms with Crippen LogP contribution in [0.15, 0.2) is 36.5 Å². The topological polar surface area (TPSA) is 50.2 Å². The van der Waals surface area contributed by atoms with E-state index in [1.54, 1.807) is 6.20 Å². The maximum Gasteiger partial charge on any atom is 0.239 e. The minimum atomic E-state index is 0.0155. The van der Waals surface area contributed by atoms with Gasteiger partial charge in [0.05, 0.1) is 12.7 Å². The van der Waals surface area contributed by atoms with Gasteiger partial charge < -0.3 is 5.32 Å². The van der Waals surface area contributed by atoms with Crippen LogP contribution in [0, 0.1) is 0 Å². The van der Waals surface area contributed by atoms with Crippen LogP contribution in [0.4, 0.5) is 5.82 Å². The third kappa shape index (κ3) is 3.20. The van der Waals surface area contributed by atoms with Crippen molar-refractivity contribution in [2.75, 3.05) is 18.4 Å². The molecular formula is C17H22N4O. The van der Waals surface area contributed by atoms with Crippen molar-refractivity contribution in [1.82, 2.24) is 14.7 Å². The number of carbonyl (C=O) groups is 1. The number of amides is 1. The smallest absolute Gasteiger partial charge is 0.239 e. The molecule has 2 heterocycles. The number of nitrogens with zero attached hydrogens (tertiary/aromatic N) is 3. The van der Waals surface area contributed by atoms with E-state index in [1.807, 2.05) is 24.6 Å². The van der Waals surface area contributed by atoms with Gasteiger partial charge in [-0.1, -0.05) is 24.3 Å². The highest BCUT2D eigenvalue weighted by Gasteiger charge is 2.18. The zero-order valence-electron chi connectivity index (χ0n) is 13.1. The van der Waals surface area contributed by atoms with Gasteiger partial charge in [-0.25, -0.2) is 4.68 Å². The van der Waals surface area contributed by atoms with Crippen molar-refractivity contribution < 1.29 is 4.79 Å². The first-order valence-electron chi connectivity index (χ1n) is 7.76. The summed E-state index contributed by atoms with van der Waals surface area (Å²) in [5.74, 6) is 0.777. The molecule has 0 radical (unpaired) electrons. The Morgan fingerprint density at radius 3 is 2.82 bits per heavy atom. The summed E-state index contributed by atoms with van der Waals surface area (Å²) in [6.07, 6.45) is 2.72. The van der Waals surface area contributed by atoms with Crippen LogP contribution in [0.1, 0.15) is 31.0 Å². The molecule has 0 atom stereocenters. The van der Waals surface area contributed by atoms with Crippen LogP contribution >= 0.6 is 0 Å². The lowest BCUT2D eigenvalue weighted by molar-refractivity contribution is -0.117. The molecule has 0 aliphatic carbocycles. The van der Waals surface area contributed by atoms with E-state index in [1.165, 1.54) is 11.1 Å². The molecule has 1 aliphatic rings. The molecule has 3 rings (SSSR count). The fraction of sp³-hybridized carbons (Fsp3) is 0.412. The number of rotatable bonds is 4. The summed E-state index contributed by atoms with van der Waals surface area (Å²) in [5.41, 5.74) is 2.73. The van der Waals surface area contributed by atoms with Crippen LogP contribution in [-0.4, -0.2) is 33.7 Å². The van der Waals surface area contributed by atoms with Crippen molar-refractivity contribution >= 4 is 11.7 Å². The van der Waals surface area contributed by atoms with Crippen LogP contribution in [0.5, 0.6) is 0 Å². The Bertz CT molecular complexity index is 662. The van der Waals surface area contributed by atoms with Crippen LogP contribution in [0.3, 0.4) is 0 Å². The van der Waals surface area contributed by atoms with Gasteiger partial charge in [0.25, 0.3) is 0 Å². The fourth-order valence-electron chi connectivity index (χ4n) is 2.90. The molecule has 0 bridgehead atoms. The average molecular weight is 298 g/mol. The molecule has 1 aromatic heterocycles. The predicted octanol–water partition coefficient (Wildman–Crippen LogP) is 2.46. The van der Waals surface area contributed by atoms with Crippen molar-refractivity contribution in [1.29, 1.82) is 0 Å². The number of anilines is 1. The van der Waals surface area contributed by atoms with Crippen LogP contribution in [0.2, 0.25) is 0 Å².